The maximum absolute atomic E-state index is 7.80. The third-order valence-corrected chi connectivity index (χ3v) is 4.93. The first-order valence-corrected chi connectivity index (χ1v) is 7.48. The largest absolute Gasteiger partial charge is 0.384 e. The van der Waals surface area contributed by atoms with Crippen molar-refractivity contribution in [2.24, 2.45) is 5.73 Å². The van der Waals surface area contributed by atoms with Gasteiger partial charge in [-0.3, -0.25) is 10.3 Å². The molecule has 2 unspecified atom stereocenters. The summed E-state index contributed by atoms with van der Waals surface area (Å²) >= 11 is 0. The van der Waals surface area contributed by atoms with Gasteiger partial charge >= 0.3 is 0 Å². The lowest BCUT2D eigenvalue weighted by Gasteiger charge is -2.29. The van der Waals surface area contributed by atoms with E-state index >= 15 is 0 Å². The molecular formula is C16H24N4. The smallest absolute Gasteiger partial charge is 0.124 e. The van der Waals surface area contributed by atoms with Gasteiger partial charge in [-0.05, 0) is 50.9 Å². The molecule has 1 aromatic carbocycles. The molecule has 108 valence electrons. The van der Waals surface area contributed by atoms with E-state index in [1.807, 2.05) is 12.1 Å². The molecule has 0 aromatic heterocycles. The molecule has 2 saturated heterocycles. The van der Waals surface area contributed by atoms with Gasteiger partial charge < -0.3 is 10.6 Å². The summed E-state index contributed by atoms with van der Waals surface area (Å²) in [6.07, 6.45) is 3.83. The lowest BCUT2D eigenvalue weighted by atomic mass is 10.0. The van der Waals surface area contributed by atoms with Crippen LogP contribution in [0, 0.1) is 12.3 Å². The van der Waals surface area contributed by atoms with E-state index < -0.39 is 0 Å². The van der Waals surface area contributed by atoms with Crippen molar-refractivity contribution in [1.29, 1.82) is 5.41 Å². The van der Waals surface area contributed by atoms with Crippen molar-refractivity contribution >= 4 is 11.5 Å². The molecule has 2 fully saturated rings. The number of amidine groups is 1. The van der Waals surface area contributed by atoms with Crippen LogP contribution in [0.15, 0.2) is 18.2 Å². The van der Waals surface area contributed by atoms with Crippen LogP contribution in [-0.2, 0) is 0 Å². The number of aryl methyl sites for hydroxylation is 1. The molecule has 4 nitrogen and oxygen atoms in total. The quantitative estimate of drug-likeness (QED) is 0.639. The van der Waals surface area contributed by atoms with Crippen LogP contribution in [0.3, 0.4) is 0 Å². The van der Waals surface area contributed by atoms with Gasteiger partial charge in [0.05, 0.1) is 0 Å². The number of nitrogen functional groups attached to an aromatic ring is 1. The Morgan fingerprint density at radius 2 is 2.00 bits per heavy atom. The zero-order chi connectivity index (χ0) is 14.3. The van der Waals surface area contributed by atoms with E-state index in [1.165, 1.54) is 24.8 Å². The predicted octanol–water partition coefficient (Wildman–Crippen LogP) is 1.95. The minimum Gasteiger partial charge on any atom is -0.384 e. The Kier molecular flexibility index (Phi) is 3.42. The molecule has 0 aliphatic carbocycles. The fourth-order valence-corrected chi connectivity index (χ4v) is 3.66. The van der Waals surface area contributed by atoms with E-state index in [4.69, 9.17) is 11.1 Å². The summed E-state index contributed by atoms with van der Waals surface area (Å²) in [7, 11) is 2.26. The maximum Gasteiger partial charge on any atom is 0.124 e. The Morgan fingerprint density at radius 1 is 1.25 bits per heavy atom. The average molecular weight is 272 g/mol. The van der Waals surface area contributed by atoms with E-state index in [2.05, 4.69) is 29.8 Å². The highest BCUT2D eigenvalue weighted by Gasteiger charge is 2.35. The first kappa shape index (κ1) is 13.4. The van der Waals surface area contributed by atoms with Crippen molar-refractivity contribution in [2.75, 3.05) is 25.0 Å². The van der Waals surface area contributed by atoms with E-state index in [0.29, 0.717) is 6.04 Å². The number of nitrogens with one attached hydrogen (secondary N) is 1. The summed E-state index contributed by atoms with van der Waals surface area (Å²) in [4.78, 5) is 4.98. The van der Waals surface area contributed by atoms with Crippen LogP contribution in [0.5, 0.6) is 0 Å². The van der Waals surface area contributed by atoms with Crippen molar-refractivity contribution in [3.05, 3.63) is 29.3 Å². The molecule has 3 rings (SSSR count). The highest BCUT2D eigenvalue weighted by Crippen LogP contribution is 2.32. The van der Waals surface area contributed by atoms with Crippen molar-refractivity contribution in [3.63, 3.8) is 0 Å². The molecule has 0 saturated carbocycles. The number of anilines is 1. The highest BCUT2D eigenvalue weighted by atomic mass is 15.3. The van der Waals surface area contributed by atoms with Crippen molar-refractivity contribution in [3.8, 4) is 0 Å². The van der Waals surface area contributed by atoms with E-state index in [-0.39, 0.29) is 5.84 Å². The normalized spacial score (nSPS) is 26.6. The van der Waals surface area contributed by atoms with Crippen LogP contribution in [0.4, 0.5) is 5.69 Å². The van der Waals surface area contributed by atoms with Gasteiger partial charge in [0.25, 0.3) is 0 Å². The standard InChI is InChI=1S/C16H24N4/c1-11-3-6-14(16(17)18)15(9-11)20-8-7-12-4-5-13(10-20)19(12)2/h3,6,9,12-13H,4-5,7-8,10H2,1-2H3,(H3,17,18). The first-order valence-electron chi connectivity index (χ1n) is 7.48. The Bertz CT molecular complexity index is 525. The molecule has 1 aromatic rings. The summed E-state index contributed by atoms with van der Waals surface area (Å²) in [5.41, 5.74) is 9.00. The van der Waals surface area contributed by atoms with Gasteiger partial charge in [-0.25, -0.2) is 0 Å². The van der Waals surface area contributed by atoms with Crippen LogP contribution < -0.4 is 10.6 Å². The van der Waals surface area contributed by atoms with Crippen LogP contribution >= 0.6 is 0 Å². The van der Waals surface area contributed by atoms with Crippen LogP contribution in [-0.4, -0.2) is 43.0 Å². The van der Waals surface area contributed by atoms with Gasteiger partial charge in [-0.15, -0.1) is 0 Å². The Labute approximate surface area is 121 Å². The van der Waals surface area contributed by atoms with Crippen LogP contribution in [0.25, 0.3) is 0 Å². The molecule has 2 atom stereocenters. The second-order valence-electron chi connectivity index (χ2n) is 6.22. The number of hydrogen-bond donors (Lipinski definition) is 2. The minimum absolute atomic E-state index is 0.169. The fraction of sp³-hybridized carbons (Fsp3) is 0.562. The van der Waals surface area contributed by atoms with Crippen molar-refractivity contribution in [1.82, 2.24) is 4.90 Å². The van der Waals surface area contributed by atoms with Crippen molar-refractivity contribution < 1.29 is 0 Å². The molecular weight excluding hydrogens is 248 g/mol. The van der Waals surface area contributed by atoms with Crippen LogP contribution in [0.1, 0.15) is 30.4 Å². The number of nitrogens with zero attached hydrogens (tertiary/aromatic N) is 2. The number of benzene rings is 1. The molecule has 2 heterocycles. The highest BCUT2D eigenvalue weighted by molar-refractivity contribution is 6.00. The Morgan fingerprint density at radius 3 is 2.75 bits per heavy atom. The second-order valence-corrected chi connectivity index (χ2v) is 6.22. The number of fused-ring (bicyclic) bond motifs is 2. The number of rotatable bonds is 2. The summed E-state index contributed by atoms with van der Waals surface area (Å²) in [6, 6.07) is 7.57. The van der Waals surface area contributed by atoms with Gasteiger partial charge in [0.2, 0.25) is 0 Å². The molecule has 0 spiro atoms. The molecule has 2 bridgehead atoms. The monoisotopic (exact) mass is 272 g/mol. The van der Waals surface area contributed by atoms with Crippen LogP contribution in [0.2, 0.25) is 0 Å². The predicted molar refractivity (Wildman–Crippen MR) is 83.6 cm³/mol. The number of nitrogens with two attached hydrogens (primary N) is 1. The maximum atomic E-state index is 7.80. The third-order valence-electron chi connectivity index (χ3n) is 4.93. The van der Waals surface area contributed by atoms with Gasteiger partial charge in [0.15, 0.2) is 0 Å². The lowest BCUT2D eigenvalue weighted by Crippen LogP contribution is -2.37. The van der Waals surface area contributed by atoms with Gasteiger partial charge in [-0.1, -0.05) is 6.07 Å². The summed E-state index contributed by atoms with van der Waals surface area (Å²) in [5.74, 6) is 0.169. The summed E-state index contributed by atoms with van der Waals surface area (Å²) in [5, 5.41) is 7.80. The van der Waals surface area contributed by atoms with Gasteiger partial charge in [0, 0.05) is 36.4 Å². The molecule has 3 N–H and O–H groups in total. The fourth-order valence-electron chi connectivity index (χ4n) is 3.66. The Hall–Kier alpha value is -1.55. The van der Waals surface area contributed by atoms with Gasteiger partial charge in [-0.2, -0.15) is 0 Å². The molecule has 0 radical (unpaired) electrons. The van der Waals surface area contributed by atoms with E-state index in [9.17, 15) is 0 Å². The van der Waals surface area contributed by atoms with E-state index in [0.717, 1.165) is 30.4 Å². The molecule has 0 amide bonds. The molecule has 20 heavy (non-hydrogen) atoms. The Balaban J connectivity index is 1.93. The molecule has 4 heteroatoms. The third kappa shape index (κ3) is 2.29. The summed E-state index contributed by atoms with van der Waals surface area (Å²) < 4.78 is 0. The SMILES string of the molecule is Cc1ccc(C(=N)N)c(N2CCC3CCC(C2)N3C)c1. The lowest BCUT2D eigenvalue weighted by molar-refractivity contribution is 0.254. The second kappa shape index (κ2) is 5.09. The topological polar surface area (TPSA) is 56.4 Å². The molecule has 2 aliphatic rings. The number of hydrogen-bond acceptors (Lipinski definition) is 3. The zero-order valence-electron chi connectivity index (χ0n) is 12.4. The first-order chi connectivity index (χ1) is 9.56. The zero-order valence-corrected chi connectivity index (χ0v) is 12.4. The molecule has 2 aliphatic heterocycles. The average Bonchev–Trinajstić information content (AvgIpc) is 2.62. The minimum atomic E-state index is 0.169. The number of likely N-dealkylation sites (N-methyl/N-ethyl adjacent to an activating group) is 1. The van der Waals surface area contributed by atoms with Crippen molar-refractivity contribution in [2.45, 2.75) is 38.3 Å². The van der Waals surface area contributed by atoms with E-state index in [1.54, 1.807) is 0 Å². The van der Waals surface area contributed by atoms with Gasteiger partial charge in [0.1, 0.15) is 5.84 Å². The summed E-state index contributed by atoms with van der Waals surface area (Å²) in [6.45, 7) is 4.22.